The molecule has 1 aliphatic heterocycles. The van der Waals surface area contributed by atoms with Gasteiger partial charge in [-0.1, -0.05) is 29.8 Å². The maximum absolute atomic E-state index is 12.4. The summed E-state index contributed by atoms with van der Waals surface area (Å²) in [5, 5.41) is 5.45. The number of carbonyl (C=O) groups excluding carboxylic acids is 2. The lowest BCUT2D eigenvalue weighted by molar-refractivity contribution is -0.136. The van der Waals surface area contributed by atoms with Crippen LogP contribution in [0.2, 0.25) is 0 Å². The van der Waals surface area contributed by atoms with Crippen LogP contribution in [0.4, 0.5) is 11.4 Å². The van der Waals surface area contributed by atoms with Crippen molar-refractivity contribution in [3.8, 4) is 0 Å². The van der Waals surface area contributed by atoms with E-state index in [2.05, 4.69) is 39.8 Å². The van der Waals surface area contributed by atoms with Crippen molar-refractivity contribution in [3.05, 3.63) is 59.7 Å². The number of hydrogen-bond donors (Lipinski definition) is 2. The Labute approximate surface area is 178 Å². The second-order valence-corrected chi connectivity index (χ2v) is 7.68. The van der Waals surface area contributed by atoms with E-state index in [1.54, 1.807) is 12.1 Å². The Morgan fingerprint density at radius 3 is 2.23 bits per heavy atom. The molecule has 0 aliphatic carbocycles. The molecule has 0 radical (unpaired) electrons. The normalized spacial score (nSPS) is 15.3. The van der Waals surface area contributed by atoms with Gasteiger partial charge in [-0.05, 0) is 36.8 Å². The summed E-state index contributed by atoms with van der Waals surface area (Å²) in [5.41, 5.74) is 3.90. The highest BCUT2D eigenvalue weighted by molar-refractivity contribution is 6.39. The van der Waals surface area contributed by atoms with Crippen LogP contribution in [0.25, 0.3) is 0 Å². The molecule has 0 spiro atoms. The summed E-state index contributed by atoms with van der Waals surface area (Å²) >= 11 is 0. The number of rotatable bonds is 6. The average Bonchev–Trinajstić information content (AvgIpc) is 2.76. The molecule has 3 rings (SSSR count). The summed E-state index contributed by atoms with van der Waals surface area (Å²) in [6, 6.07) is 15.6. The minimum absolute atomic E-state index is 0.0266. The fraction of sp³-hybridized carbons (Fsp3) is 0.391. The molecule has 1 heterocycles. The number of anilines is 2. The number of morpholine rings is 1. The maximum atomic E-state index is 12.4. The molecule has 7 nitrogen and oxygen atoms in total. The molecule has 2 aromatic carbocycles. The Morgan fingerprint density at radius 2 is 1.63 bits per heavy atom. The zero-order valence-corrected chi connectivity index (χ0v) is 17.9. The number of nitrogens with one attached hydrogen (secondary N) is 2. The second-order valence-electron chi connectivity index (χ2n) is 7.68. The minimum Gasteiger partial charge on any atom is -0.379 e. The van der Waals surface area contributed by atoms with Crippen molar-refractivity contribution < 1.29 is 14.3 Å². The van der Waals surface area contributed by atoms with E-state index >= 15 is 0 Å². The minimum atomic E-state index is -0.664. The summed E-state index contributed by atoms with van der Waals surface area (Å²) in [4.78, 5) is 29.0. The Kier molecular flexibility index (Phi) is 7.43. The molecule has 1 saturated heterocycles. The summed E-state index contributed by atoms with van der Waals surface area (Å²) in [6.45, 7) is 5.20. The highest BCUT2D eigenvalue weighted by atomic mass is 16.5. The van der Waals surface area contributed by atoms with Gasteiger partial charge >= 0.3 is 11.8 Å². The quantitative estimate of drug-likeness (QED) is 0.714. The van der Waals surface area contributed by atoms with Gasteiger partial charge in [0, 0.05) is 45.1 Å². The first-order chi connectivity index (χ1) is 14.4. The van der Waals surface area contributed by atoms with Crippen molar-refractivity contribution in [2.24, 2.45) is 0 Å². The van der Waals surface area contributed by atoms with Crippen molar-refractivity contribution >= 4 is 23.2 Å². The van der Waals surface area contributed by atoms with Crippen molar-refractivity contribution in [1.29, 1.82) is 0 Å². The lowest BCUT2D eigenvalue weighted by Crippen LogP contribution is -2.45. The SMILES string of the molecule is Cc1ccc(NC(=O)C(=O)NC[C@@H](c2ccc(N(C)C)cc2)N2CCOCC2)cc1. The van der Waals surface area contributed by atoms with Crippen molar-refractivity contribution in [2.75, 3.05) is 57.2 Å². The van der Waals surface area contributed by atoms with Crippen LogP contribution in [-0.2, 0) is 14.3 Å². The summed E-state index contributed by atoms with van der Waals surface area (Å²) in [6.07, 6.45) is 0. The Hall–Kier alpha value is -2.90. The van der Waals surface area contributed by atoms with Crippen molar-refractivity contribution in [1.82, 2.24) is 10.2 Å². The Morgan fingerprint density at radius 1 is 1.00 bits per heavy atom. The monoisotopic (exact) mass is 410 g/mol. The molecule has 1 atom stereocenters. The van der Waals surface area contributed by atoms with Crippen LogP contribution in [-0.4, -0.2) is 63.7 Å². The number of benzene rings is 2. The molecule has 0 saturated carbocycles. The van der Waals surface area contributed by atoms with Gasteiger partial charge in [-0.25, -0.2) is 0 Å². The average molecular weight is 411 g/mol. The second kappa shape index (κ2) is 10.2. The van der Waals surface area contributed by atoms with Gasteiger partial charge in [0.05, 0.1) is 19.3 Å². The third-order valence-corrected chi connectivity index (χ3v) is 5.25. The molecule has 0 aromatic heterocycles. The van der Waals surface area contributed by atoms with E-state index in [-0.39, 0.29) is 6.04 Å². The van der Waals surface area contributed by atoms with Crippen LogP contribution in [0.3, 0.4) is 0 Å². The highest BCUT2D eigenvalue weighted by Crippen LogP contribution is 2.23. The number of hydrogen-bond acceptors (Lipinski definition) is 5. The van der Waals surface area contributed by atoms with Gasteiger partial charge < -0.3 is 20.3 Å². The number of aryl methyl sites for hydroxylation is 1. The van der Waals surface area contributed by atoms with Crippen LogP contribution in [0.15, 0.2) is 48.5 Å². The first-order valence-electron chi connectivity index (χ1n) is 10.2. The third-order valence-electron chi connectivity index (χ3n) is 5.25. The molecule has 2 N–H and O–H groups in total. The molecule has 0 unspecified atom stereocenters. The van der Waals surface area contributed by atoms with Gasteiger partial charge in [0.15, 0.2) is 0 Å². The summed E-state index contributed by atoms with van der Waals surface area (Å²) in [7, 11) is 4.00. The molecular formula is C23H30N4O3. The van der Waals surface area contributed by atoms with Gasteiger partial charge in [0.2, 0.25) is 0 Å². The van der Waals surface area contributed by atoms with E-state index in [0.29, 0.717) is 25.4 Å². The van der Waals surface area contributed by atoms with E-state index in [4.69, 9.17) is 4.74 Å². The maximum Gasteiger partial charge on any atom is 0.313 e. The van der Waals surface area contributed by atoms with Crippen molar-refractivity contribution in [2.45, 2.75) is 13.0 Å². The molecule has 1 aliphatic rings. The van der Waals surface area contributed by atoms with Gasteiger partial charge in [0.25, 0.3) is 0 Å². The first kappa shape index (κ1) is 21.8. The molecule has 2 aromatic rings. The Balaban J connectivity index is 1.65. The van der Waals surface area contributed by atoms with E-state index in [0.717, 1.165) is 29.9 Å². The standard InChI is InChI=1S/C23H30N4O3/c1-17-4-8-19(9-5-17)25-23(29)22(28)24-16-21(27-12-14-30-15-13-27)18-6-10-20(11-7-18)26(2)3/h4-11,21H,12-16H2,1-3H3,(H,24,28)(H,25,29)/t21-/m0/s1. The van der Waals surface area contributed by atoms with Crippen LogP contribution >= 0.6 is 0 Å². The number of carbonyl (C=O) groups is 2. The fourth-order valence-corrected chi connectivity index (χ4v) is 3.44. The van der Waals surface area contributed by atoms with Crippen LogP contribution in [0.1, 0.15) is 17.2 Å². The lowest BCUT2D eigenvalue weighted by atomic mass is 10.0. The highest BCUT2D eigenvalue weighted by Gasteiger charge is 2.24. The van der Waals surface area contributed by atoms with E-state index in [1.165, 1.54) is 0 Å². The van der Waals surface area contributed by atoms with Crippen LogP contribution < -0.4 is 15.5 Å². The lowest BCUT2D eigenvalue weighted by Gasteiger charge is -2.35. The number of amides is 2. The Bertz CT molecular complexity index is 844. The largest absolute Gasteiger partial charge is 0.379 e. The van der Waals surface area contributed by atoms with Crippen LogP contribution in [0, 0.1) is 6.92 Å². The zero-order chi connectivity index (χ0) is 21.5. The predicted molar refractivity (Wildman–Crippen MR) is 119 cm³/mol. The number of ether oxygens (including phenoxy) is 1. The predicted octanol–water partition coefficient (Wildman–Crippen LogP) is 2.19. The molecule has 160 valence electrons. The van der Waals surface area contributed by atoms with Gasteiger partial charge in [0.1, 0.15) is 0 Å². The topological polar surface area (TPSA) is 73.9 Å². The molecule has 7 heteroatoms. The van der Waals surface area contributed by atoms with Crippen molar-refractivity contribution in [3.63, 3.8) is 0 Å². The molecule has 0 bridgehead atoms. The fourth-order valence-electron chi connectivity index (χ4n) is 3.44. The van der Waals surface area contributed by atoms with Crippen LogP contribution in [0.5, 0.6) is 0 Å². The molecule has 1 fully saturated rings. The number of nitrogens with zero attached hydrogens (tertiary/aromatic N) is 2. The first-order valence-corrected chi connectivity index (χ1v) is 10.2. The van der Waals surface area contributed by atoms with Gasteiger partial charge in [-0.3, -0.25) is 14.5 Å². The van der Waals surface area contributed by atoms with Gasteiger partial charge in [-0.2, -0.15) is 0 Å². The van der Waals surface area contributed by atoms with E-state index in [1.807, 2.05) is 38.1 Å². The van der Waals surface area contributed by atoms with E-state index < -0.39 is 11.8 Å². The molecule has 30 heavy (non-hydrogen) atoms. The molecule has 2 amide bonds. The third kappa shape index (κ3) is 5.81. The van der Waals surface area contributed by atoms with Gasteiger partial charge in [-0.15, -0.1) is 0 Å². The summed E-state index contributed by atoms with van der Waals surface area (Å²) < 4.78 is 5.48. The summed E-state index contributed by atoms with van der Waals surface area (Å²) in [5.74, 6) is -1.30. The smallest absolute Gasteiger partial charge is 0.313 e. The van der Waals surface area contributed by atoms with E-state index in [9.17, 15) is 9.59 Å². The zero-order valence-electron chi connectivity index (χ0n) is 17.9. The molecular weight excluding hydrogens is 380 g/mol.